The SMILES string of the molecule is CCCCCCOCCOCCO.Nc1nc(N)nc(N)n1. The quantitative estimate of drug-likeness (QED) is 0.443. The highest BCUT2D eigenvalue weighted by molar-refractivity contribution is 5.33. The lowest BCUT2D eigenvalue weighted by Gasteiger charge is -2.04. The number of aliphatic hydroxyl groups is 1. The molecule has 9 nitrogen and oxygen atoms in total. The van der Waals surface area contributed by atoms with E-state index in [9.17, 15) is 0 Å². The van der Waals surface area contributed by atoms with Gasteiger partial charge in [0.25, 0.3) is 0 Å². The number of hydrogen-bond acceptors (Lipinski definition) is 9. The minimum absolute atomic E-state index is 0.0417. The summed E-state index contributed by atoms with van der Waals surface area (Å²) in [5.74, 6) is 0.125. The van der Waals surface area contributed by atoms with Gasteiger partial charge in [-0.25, -0.2) is 0 Å². The molecule has 1 rings (SSSR count). The van der Waals surface area contributed by atoms with Crippen LogP contribution in [0.25, 0.3) is 0 Å². The summed E-state index contributed by atoms with van der Waals surface area (Å²) in [7, 11) is 0. The summed E-state index contributed by atoms with van der Waals surface area (Å²) in [6.45, 7) is 4.78. The molecule has 0 bridgehead atoms. The topological polar surface area (TPSA) is 155 Å². The Labute approximate surface area is 131 Å². The molecule has 0 aliphatic heterocycles. The normalized spacial score (nSPS) is 10.1. The first-order valence-electron chi connectivity index (χ1n) is 7.39. The summed E-state index contributed by atoms with van der Waals surface area (Å²) in [6, 6.07) is 0. The van der Waals surface area contributed by atoms with E-state index in [2.05, 4.69) is 21.9 Å². The fourth-order valence-electron chi connectivity index (χ4n) is 1.44. The zero-order valence-electron chi connectivity index (χ0n) is 13.2. The third-order valence-corrected chi connectivity index (χ3v) is 2.44. The van der Waals surface area contributed by atoms with Gasteiger partial charge in [-0.15, -0.1) is 0 Å². The lowest BCUT2D eigenvalue weighted by molar-refractivity contribution is 0.0321. The van der Waals surface area contributed by atoms with Gasteiger partial charge < -0.3 is 31.8 Å². The van der Waals surface area contributed by atoms with Crippen LogP contribution in [-0.4, -0.2) is 53.1 Å². The molecule has 0 amide bonds. The van der Waals surface area contributed by atoms with Crippen molar-refractivity contribution in [1.82, 2.24) is 15.0 Å². The fraction of sp³-hybridized carbons (Fsp3) is 0.769. The van der Waals surface area contributed by atoms with Gasteiger partial charge in [0.15, 0.2) is 0 Å². The Morgan fingerprint density at radius 2 is 1.27 bits per heavy atom. The summed E-state index contributed by atoms with van der Waals surface area (Å²) in [6.07, 6.45) is 4.96. The smallest absolute Gasteiger partial charge is 0.226 e. The molecular formula is C13H28N6O3. The molecule has 0 radical (unpaired) electrons. The average Bonchev–Trinajstić information content (AvgIpc) is 2.45. The third-order valence-electron chi connectivity index (χ3n) is 2.44. The largest absolute Gasteiger partial charge is 0.394 e. The number of aromatic nitrogens is 3. The second-order valence-corrected chi connectivity index (χ2v) is 4.42. The molecule has 0 unspecified atom stereocenters. The Morgan fingerprint density at radius 1 is 0.773 bits per heavy atom. The second kappa shape index (κ2) is 14.2. The maximum absolute atomic E-state index is 8.40. The Morgan fingerprint density at radius 3 is 1.73 bits per heavy atom. The monoisotopic (exact) mass is 316 g/mol. The minimum Gasteiger partial charge on any atom is -0.394 e. The van der Waals surface area contributed by atoms with Crippen LogP contribution < -0.4 is 17.2 Å². The van der Waals surface area contributed by atoms with Crippen LogP contribution in [0.3, 0.4) is 0 Å². The molecule has 1 aromatic rings. The Bertz CT molecular complexity index is 320. The maximum atomic E-state index is 8.40. The van der Waals surface area contributed by atoms with E-state index in [0.29, 0.717) is 19.8 Å². The number of unbranched alkanes of at least 4 members (excludes halogenated alkanes) is 3. The molecule has 0 aliphatic rings. The summed E-state index contributed by atoms with van der Waals surface area (Å²) in [5.41, 5.74) is 15.4. The molecule has 0 aromatic carbocycles. The summed E-state index contributed by atoms with van der Waals surface area (Å²) in [4.78, 5) is 10.5. The fourth-order valence-corrected chi connectivity index (χ4v) is 1.44. The van der Waals surface area contributed by atoms with Gasteiger partial charge in [0.1, 0.15) is 0 Å². The molecule has 0 fully saturated rings. The number of nitrogen functional groups attached to an aromatic ring is 3. The Balaban J connectivity index is 0.000000425. The third kappa shape index (κ3) is 13.3. The first-order valence-corrected chi connectivity index (χ1v) is 7.39. The maximum Gasteiger partial charge on any atom is 0.226 e. The Hall–Kier alpha value is -1.71. The van der Waals surface area contributed by atoms with Crippen molar-refractivity contribution >= 4 is 17.8 Å². The van der Waals surface area contributed by atoms with Crippen LogP contribution in [0.1, 0.15) is 32.6 Å². The van der Waals surface area contributed by atoms with Crippen molar-refractivity contribution in [1.29, 1.82) is 0 Å². The van der Waals surface area contributed by atoms with Gasteiger partial charge in [-0.3, -0.25) is 0 Å². The summed E-state index contributed by atoms with van der Waals surface area (Å²) < 4.78 is 10.4. The van der Waals surface area contributed by atoms with Crippen LogP contribution in [0.4, 0.5) is 17.8 Å². The molecule has 0 saturated carbocycles. The molecule has 0 saturated heterocycles. The lowest BCUT2D eigenvalue weighted by atomic mass is 10.2. The molecule has 128 valence electrons. The minimum atomic E-state index is 0.0417. The van der Waals surface area contributed by atoms with E-state index in [4.69, 9.17) is 31.8 Å². The van der Waals surface area contributed by atoms with Crippen molar-refractivity contribution in [2.24, 2.45) is 0 Å². The lowest BCUT2D eigenvalue weighted by Crippen LogP contribution is -2.07. The highest BCUT2D eigenvalue weighted by Gasteiger charge is 1.94. The van der Waals surface area contributed by atoms with Crippen molar-refractivity contribution in [3.8, 4) is 0 Å². The van der Waals surface area contributed by atoms with Crippen LogP contribution in [0.2, 0.25) is 0 Å². The van der Waals surface area contributed by atoms with Crippen molar-refractivity contribution in [2.45, 2.75) is 32.6 Å². The van der Waals surface area contributed by atoms with E-state index in [0.717, 1.165) is 13.0 Å². The molecule has 22 heavy (non-hydrogen) atoms. The van der Waals surface area contributed by atoms with Crippen LogP contribution in [0.15, 0.2) is 0 Å². The van der Waals surface area contributed by atoms with Gasteiger partial charge in [-0.2, -0.15) is 15.0 Å². The highest BCUT2D eigenvalue weighted by Crippen LogP contribution is 1.98. The van der Waals surface area contributed by atoms with Crippen molar-refractivity contribution in [2.75, 3.05) is 50.2 Å². The van der Waals surface area contributed by atoms with Crippen LogP contribution in [0, 0.1) is 0 Å². The molecule has 0 atom stereocenters. The summed E-state index contributed by atoms with van der Waals surface area (Å²) in [5, 5.41) is 8.40. The molecule has 1 heterocycles. The van der Waals surface area contributed by atoms with Gasteiger partial charge in [-0.05, 0) is 6.42 Å². The van der Waals surface area contributed by atoms with E-state index in [-0.39, 0.29) is 24.5 Å². The highest BCUT2D eigenvalue weighted by atomic mass is 16.5. The molecule has 0 spiro atoms. The predicted molar refractivity (Wildman–Crippen MR) is 85.9 cm³/mol. The van der Waals surface area contributed by atoms with E-state index < -0.39 is 0 Å². The van der Waals surface area contributed by atoms with Crippen LogP contribution in [-0.2, 0) is 9.47 Å². The van der Waals surface area contributed by atoms with Crippen LogP contribution >= 0.6 is 0 Å². The number of anilines is 3. The predicted octanol–water partition coefficient (Wildman–Crippen LogP) is 0.210. The van der Waals surface area contributed by atoms with Crippen molar-refractivity contribution in [3.05, 3.63) is 0 Å². The number of aliphatic hydroxyl groups excluding tert-OH is 1. The van der Waals surface area contributed by atoms with Gasteiger partial charge in [0, 0.05) is 6.61 Å². The summed E-state index contributed by atoms with van der Waals surface area (Å²) >= 11 is 0. The number of hydrogen-bond donors (Lipinski definition) is 4. The number of nitrogens with two attached hydrogens (primary N) is 3. The van der Waals surface area contributed by atoms with Gasteiger partial charge in [-0.1, -0.05) is 26.2 Å². The van der Waals surface area contributed by atoms with Crippen molar-refractivity contribution in [3.63, 3.8) is 0 Å². The first kappa shape index (κ1) is 20.3. The zero-order valence-corrected chi connectivity index (χ0v) is 13.2. The molecule has 7 N–H and O–H groups in total. The average molecular weight is 316 g/mol. The van der Waals surface area contributed by atoms with E-state index in [1.165, 1.54) is 19.3 Å². The number of ether oxygens (including phenoxy) is 2. The van der Waals surface area contributed by atoms with Gasteiger partial charge in [0.05, 0.1) is 26.4 Å². The first-order chi connectivity index (χ1) is 10.6. The van der Waals surface area contributed by atoms with E-state index in [1.807, 2.05) is 0 Å². The zero-order chi connectivity index (χ0) is 16.6. The molecule has 0 aliphatic carbocycles. The molecule has 1 aromatic heterocycles. The number of rotatable bonds is 10. The van der Waals surface area contributed by atoms with Gasteiger partial charge >= 0.3 is 0 Å². The molecule has 9 heteroatoms. The van der Waals surface area contributed by atoms with Crippen LogP contribution in [0.5, 0.6) is 0 Å². The molecular weight excluding hydrogens is 288 g/mol. The van der Waals surface area contributed by atoms with Gasteiger partial charge in [0.2, 0.25) is 17.8 Å². The number of nitrogens with zero attached hydrogens (tertiary/aromatic N) is 3. The van der Waals surface area contributed by atoms with E-state index in [1.54, 1.807) is 0 Å². The Kier molecular flexibility index (Phi) is 13.1. The van der Waals surface area contributed by atoms with Crippen molar-refractivity contribution < 1.29 is 14.6 Å². The van der Waals surface area contributed by atoms with E-state index >= 15 is 0 Å². The standard InChI is InChI=1S/C10H22O3.C3H6N6/c1-2-3-4-5-7-12-9-10-13-8-6-11;4-1-7-2(5)9-3(6)8-1/h11H,2-10H2,1H3;(H6,4,5,6,7,8,9). The second-order valence-electron chi connectivity index (χ2n) is 4.42.